The normalized spacial score (nSPS) is 31.7. The van der Waals surface area contributed by atoms with E-state index < -0.39 is 47.5 Å². The molecule has 0 radical (unpaired) electrons. The molecular formula is C39H59NO10. The van der Waals surface area contributed by atoms with Gasteiger partial charge in [0, 0.05) is 32.4 Å². The molecular weight excluding hydrogens is 642 g/mol. The Labute approximate surface area is 297 Å². The van der Waals surface area contributed by atoms with Crippen LogP contribution in [-0.4, -0.2) is 95.3 Å². The summed E-state index contributed by atoms with van der Waals surface area (Å²) >= 11 is 0. The Hall–Kier alpha value is -3.06. The van der Waals surface area contributed by atoms with Gasteiger partial charge in [-0.25, -0.2) is 0 Å². The molecule has 11 nitrogen and oxygen atoms in total. The molecule has 0 spiro atoms. The van der Waals surface area contributed by atoms with Crippen molar-refractivity contribution in [2.75, 3.05) is 14.2 Å². The molecule has 3 rings (SSSR count). The average molecular weight is 702 g/mol. The minimum absolute atomic E-state index is 0.0274. The molecule has 11 heteroatoms. The number of methoxy groups -OCH3 is 2. The number of aliphatic hydroxyl groups is 3. The Kier molecular flexibility index (Phi) is 15.3. The summed E-state index contributed by atoms with van der Waals surface area (Å²) in [5, 5.41) is 37.0. The summed E-state index contributed by atoms with van der Waals surface area (Å²) in [6.45, 7) is 12.9. The van der Waals surface area contributed by atoms with Gasteiger partial charge in [-0.1, -0.05) is 57.2 Å². The maximum atomic E-state index is 12.9. The van der Waals surface area contributed by atoms with Crippen LogP contribution in [0.4, 0.5) is 0 Å². The Morgan fingerprint density at radius 3 is 2.46 bits per heavy atom. The van der Waals surface area contributed by atoms with Gasteiger partial charge < -0.3 is 44.3 Å². The van der Waals surface area contributed by atoms with Crippen molar-refractivity contribution in [3.05, 3.63) is 65.8 Å². The summed E-state index contributed by atoms with van der Waals surface area (Å²) in [6.07, 6.45) is 6.34. The first-order valence-electron chi connectivity index (χ1n) is 17.6. The van der Waals surface area contributed by atoms with Crippen LogP contribution >= 0.6 is 0 Å². The van der Waals surface area contributed by atoms with Crippen molar-refractivity contribution >= 4 is 11.9 Å². The highest BCUT2D eigenvalue weighted by Gasteiger charge is 2.54. The lowest BCUT2D eigenvalue weighted by Crippen LogP contribution is -2.52. The maximum absolute atomic E-state index is 12.9. The smallest absolute Gasteiger partial charge is 0.309 e. The van der Waals surface area contributed by atoms with E-state index in [2.05, 4.69) is 19.2 Å². The summed E-state index contributed by atoms with van der Waals surface area (Å²) < 4.78 is 28.5. The Balaban J connectivity index is 1.87. The highest BCUT2D eigenvalue weighted by atomic mass is 16.6. The number of aliphatic hydroxyl groups excluding tert-OH is 1. The topological polar surface area (TPSA) is 156 Å². The van der Waals surface area contributed by atoms with Crippen LogP contribution in [0.3, 0.4) is 0 Å². The van der Waals surface area contributed by atoms with Gasteiger partial charge in [0.05, 0.1) is 43.5 Å². The Morgan fingerprint density at radius 1 is 1.18 bits per heavy atom. The quantitative estimate of drug-likeness (QED) is 0.0933. The summed E-state index contributed by atoms with van der Waals surface area (Å²) in [6, 6.07) is 7.27. The first kappa shape index (κ1) is 41.4. The number of cyclic esters (lactones) is 1. The Bertz CT molecular complexity index is 1330. The standard InChI is InChI=1S/C39H59NO10/c1-10-31(47-9)26(4)35-36(50-35)37(40-23-28-14-16-30(46-8)17-15-28)39(7,45)20-11-12-24(2)34-25(3)13-18-32(48-27(5)41)38(6,44)21-19-29(42)22-33(43)49-34/h11-18,20,25-26,29,31-32,34-37,40,42,44-45H,10,19,21-23H2,1-9H3/b18-13+,20-11+,24-12+/t25-,26+,29+,31-,32-,34?,35+,36-,37?,38+,39?/m0/s1. The van der Waals surface area contributed by atoms with E-state index >= 15 is 0 Å². The van der Waals surface area contributed by atoms with Crippen LogP contribution in [0.25, 0.3) is 0 Å². The fraction of sp³-hybridized carbons (Fsp3) is 0.641. The molecule has 11 atom stereocenters. The summed E-state index contributed by atoms with van der Waals surface area (Å²) in [5.41, 5.74) is -1.10. The first-order chi connectivity index (χ1) is 23.5. The van der Waals surface area contributed by atoms with E-state index in [1.165, 1.54) is 6.92 Å². The monoisotopic (exact) mass is 701 g/mol. The first-order valence-corrected chi connectivity index (χ1v) is 17.6. The zero-order chi connectivity index (χ0) is 37.2. The molecule has 0 bridgehead atoms. The molecule has 1 saturated heterocycles. The summed E-state index contributed by atoms with van der Waals surface area (Å²) in [7, 11) is 3.33. The van der Waals surface area contributed by atoms with Gasteiger partial charge in [0.25, 0.3) is 0 Å². The average Bonchev–Trinajstić information content (AvgIpc) is 3.85. The number of epoxide rings is 1. The highest BCUT2D eigenvalue weighted by molar-refractivity contribution is 5.70. The molecule has 1 aromatic carbocycles. The van der Waals surface area contributed by atoms with Crippen LogP contribution in [0.2, 0.25) is 0 Å². The third-order valence-corrected chi connectivity index (χ3v) is 9.87. The highest BCUT2D eigenvalue weighted by Crippen LogP contribution is 2.39. The molecule has 0 amide bonds. The number of nitrogens with one attached hydrogen (secondary N) is 1. The fourth-order valence-corrected chi connectivity index (χ4v) is 6.64. The second kappa shape index (κ2) is 18.4. The van der Waals surface area contributed by atoms with Gasteiger partial charge in [-0.2, -0.15) is 0 Å². The molecule has 1 fully saturated rings. The van der Waals surface area contributed by atoms with E-state index in [4.69, 9.17) is 23.7 Å². The van der Waals surface area contributed by atoms with Gasteiger partial charge >= 0.3 is 11.9 Å². The molecule has 0 aromatic heterocycles. The molecule has 0 saturated carbocycles. The lowest BCUT2D eigenvalue weighted by atomic mass is 9.87. The molecule has 0 aliphatic carbocycles. The molecule has 50 heavy (non-hydrogen) atoms. The molecule has 3 unspecified atom stereocenters. The number of rotatable bonds is 14. The van der Waals surface area contributed by atoms with Crippen molar-refractivity contribution in [2.24, 2.45) is 11.8 Å². The fourth-order valence-electron chi connectivity index (χ4n) is 6.64. The number of hydrogen-bond donors (Lipinski definition) is 4. The molecule has 280 valence electrons. The van der Waals surface area contributed by atoms with E-state index in [1.807, 2.05) is 38.1 Å². The minimum atomic E-state index is -1.46. The lowest BCUT2D eigenvalue weighted by Gasteiger charge is -2.32. The number of allylic oxidation sites excluding steroid dienone is 2. The second-order valence-corrected chi connectivity index (χ2v) is 14.2. The molecule has 4 N–H and O–H groups in total. The van der Waals surface area contributed by atoms with Crippen molar-refractivity contribution < 1.29 is 48.6 Å². The van der Waals surface area contributed by atoms with Crippen LogP contribution in [0.5, 0.6) is 5.75 Å². The number of esters is 2. The van der Waals surface area contributed by atoms with Gasteiger partial charge in [0.1, 0.15) is 29.7 Å². The van der Waals surface area contributed by atoms with Gasteiger partial charge in [0.15, 0.2) is 0 Å². The maximum Gasteiger partial charge on any atom is 0.309 e. The number of hydrogen-bond acceptors (Lipinski definition) is 11. The van der Waals surface area contributed by atoms with Crippen LogP contribution in [0, 0.1) is 11.8 Å². The summed E-state index contributed by atoms with van der Waals surface area (Å²) in [5.74, 6) is -0.623. The largest absolute Gasteiger partial charge is 0.497 e. The minimum Gasteiger partial charge on any atom is -0.497 e. The van der Waals surface area contributed by atoms with Crippen molar-refractivity contribution in [1.82, 2.24) is 5.32 Å². The zero-order valence-electron chi connectivity index (χ0n) is 31.1. The van der Waals surface area contributed by atoms with Crippen LogP contribution < -0.4 is 10.1 Å². The summed E-state index contributed by atoms with van der Waals surface area (Å²) in [4.78, 5) is 24.7. The number of ether oxygens (including phenoxy) is 5. The second-order valence-electron chi connectivity index (χ2n) is 14.2. The predicted molar refractivity (Wildman–Crippen MR) is 190 cm³/mol. The van der Waals surface area contributed by atoms with Crippen molar-refractivity contribution in [2.45, 2.75) is 135 Å². The Morgan fingerprint density at radius 2 is 1.86 bits per heavy atom. The van der Waals surface area contributed by atoms with Gasteiger partial charge in [0.2, 0.25) is 0 Å². The van der Waals surface area contributed by atoms with Crippen LogP contribution in [-0.2, 0) is 35.1 Å². The van der Waals surface area contributed by atoms with E-state index in [1.54, 1.807) is 58.4 Å². The van der Waals surface area contributed by atoms with E-state index in [0.29, 0.717) is 12.1 Å². The molecule has 2 aliphatic heterocycles. The van der Waals surface area contributed by atoms with E-state index in [9.17, 15) is 24.9 Å². The van der Waals surface area contributed by atoms with Crippen molar-refractivity contribution in [3.63, 3.8) is 0 Å². The van der Waals surface area contributed by atoms with E-state index in [0.717, 1.165) is 17.7 Å². The SMILES string of the molecule is CC[C@H](OC)[C@@H](C)[C@H]1O[C@@H]1C(NCc1ccc(OC)cc1)C(C)(O)/C=C/C=C(\C)C1OC(=O)C[C@H](O)CC[C@@](C)(O)[C@@H](OC(C)=O)/C=C/[C@@H]1C. The lowest BCUT2D eigenvalue weighted by molar-refractivity contribution is -0.157. The predicted octanol–water partition coefficient (Wildman–Crippen LogP) is 4.57. The van der Waals surface area contributed by atoms with Crippen LogP contribution in [0.1, 0.15) is 79.7 Å². The number of carbonyl (C=O) groups excluding carboxylic acids is 2. The van der Waals surface area contributed by atoms with Crippen molar-refractivity contribution in [3.8, 4) is 5.75 Å². The zero-order valence-corrected chi connectivity index (χ0v) is 31.1. The number of carbonyl (C=O) groups is 2. The third kappa shape index (κ3) is 11.7. The van der Waals surface area contributed by atoms with Gasteiger partial charge in [-0.15, -0.1) is 0 Å². The van der Waals surface area contributed by atoms with Gasteiger partial charge in [-0.05, 0) is 69.4 Å². The third-order valence-electron chi connectivity index (χ3n) is 9.87. The number of benzene rings is 1. The molecule has 1 aromatic rings. The van der Waals surface area contributed by atoms with Gasteiger partial charge in [-0.3, -0.25) is 9.59 Å². The molecule has 2 aliphatic rings. The van der Waals surface area contributed by atoms with Crippen LogP contribution in [0.15, 0.2) is 60.2 Å². The molecule has 2 heterocycles. The van der Waals surface area contributed by atoms with Crippen molar-refractivity contribution in [1.29, 1.82) is 0 Å². The van der Waals surface area contributed by atoms with E-state index in [-0.39, 0.29) is 49.4 Å².